The number of aryl methyl sites for hydroxylation is 4. The summed E-state index contributed by atoms with van der Waals surface area (Å²) >= 11 is 0. The summed E-state index contributed by atoms with van der Waals surface area (Å²) in [4.78, 5) is 71.8. The topological polar surface area (TPSA) is 149 Å². The maximum absolute atomic E-state index is 13.4. The molecule has 0 spiro atoms. The average molecular weight is 789 g/mol. The zero-order valence-corrected chi connectivity index (χ0v) is 35.8. The second-order valence-corrected chi connectivity index (χ2v) is 16.5. The number of hydrogen-bond donors (Lipinski definition) is 2. The van der Waals surface area contributed by atoms with Crippen molar-refractivity contribution in [3.8, 4) is 0 Å². The first-order valence-corrected chi connectivity index (χ1v) is 21.1. The van der Waals surface area contributed by atoms with Crippen molar-refractivity contribution in [1.29, 1.82) is 0 Å². The number of nitrogens with zero attached hydrogens (tertiary/aromatic N) is 6. The monoisotopic (exact) mass is 789 g/mol. The van der Waals surface area contributed by atoms with Gasteiger partial charge in [-0.05, 0) is 63.2 Å². The number of imidazole rings is 2. The fourth-order valence-corrected chi connectivity index (χ4v) is 7.71. The lowest BCUT2D eigenvalue weighted by Crippen LogP contribution is -2.44. The third-order valence-corrected chi connectivity index (χ3v) is 11.0. The molecule has 0 bridgehead atoms. The number of rotatable bonds is 26. The number of likely N-dealkylation sites (N-methyl/N-ethyl adjacent to an activating group) is 2. The Morgan fingerprint density at radius 1 is 0.632 bits per heavy atom. The number of unbranched alkanes of at least 4 members (excludes halogenated alkanes) is 4. The van der Waals surface area contributed by atoms with Crippen LogP contribution in [-0.4, -0.2) is 92.5 Å². The summed E-state index contributed by atoms with van der Waals surface area (Å²) in [5.41, 5.74) is 4.29. The number of carbonyl (C=O) groups is 4. The molecular weight excluding hydrogens is 721 g/mol. The van der Waals surface area contributed by atoms with Crippen LogP contribution in [0.25, 0.3) is 22.1 Å². The third-order valence-electron chi connectivity index (χ3n) is 11.0. The van der Waals surface area contributed by atoms with Crippen molar-refractivity contribution in [1.82, 2.24) is 29.7 Å². The van der Waals surface area contributed by atoms with Crippen LogP contribution >= 0.6 is 0 Å². The number of fused-ring (bicyclic) bond motifs is 2. The van der Waals surface area contributed by atoms with Gasteiger partial charge in [-0.3, -0.25) is 29.1 Å². The molecule has 4 aromatic rings. The summed E-state index contributed by atoms with van der Waals surface area (Å²) < 4.78 is 10.3. The molecule has 0 aliphatic rings. The molecule has 0 aromatic carbocycles. The molecule has 57 heavy (non-hydrogen) atoms. The molecule has 13 heteroatoms. The number of H-pyrrole nitrogens is 2. The number of carbonyl (C=O) groups excluding carboxylic acids is 4. The van der Waals surface area contributed by atoms with Crippen molar-refractivity contribution < 1.29 is 33.0 Å². The first kappa shape index (κ1) is 45.2. The van der Waals surface area contributed by atoms with Gasteiger partial charge in [-0.25, -0.2) is 19.1 Å². The Balaban J connectivity index is 1.15. The molecular formula is C44H68N8O5+2. The van der Waals surface area contributed by atoms with E-state index in [0.717, 1.165) is 85.3 Å². The summed E-state index contributed by atoms with van der Waals surface area (Å²) in [5.74, 6) is 2.54. The van der Waals surface area contributed by atoms with Gasteiger partial charge in [0.2, 0.25) is 11.8 Å². The molecule has 2 amide bonds. The predicted molar refractivity (Wildman–Crippen MR) is 221 cm³/mol. The standard InChI is InChI=1S/C44H66N8O5/c1-31(2)27-37(49(7)43(55)15-11-9-13-23-51-33(5)47-35-17-21-45-29-39(35)51)41(53)19-25-57-26-20-42(54)38(28-32(3)4)50(8)44(56)16-12-10-14-24-52-34(6)48-36-18-22-46-30-40(36)52/h17-18,21-22,29-32,37-38H,9-16,19-20,23-28H2,1-8H3/p+2/t37-,38-/m0/s1. The summed E-state index contributed by atoms with van der Waals surface area (Å²) in [7, 11) is 3.47. The second kappa shape index (κ2) is 22.4. The van der Waals surface area contributed by atoms with Gasteiger partial charge in [-0.2, -0.15) is 0 Å². The van der Waals surface area contributed by atoms with Crippen LogP contribution in [0.3, 0.4) is 0 Å². The SMILES string of the molecule is Cc1[nH]c2ccncc2[n+]1CCCCCC(=O)N(C)[C@@H](CC(C)C)C(=O)CCOCCC(=O)[C@H](CC(C)C)N(C)C(=O)CCCCC[n+]1c(C)[nH]c2ccncc21. The number of ketones is 2. The van der Waals surface area contributed by atoms with Gasteiger partial charge in [0.05, 0.1) is 50.8 Å². The van der Waals surface area contributed by atoms with Gasteiger partial charge in [0, 0.05) is 78.2 Å². The minimum atomic E-state index is -0.511. The fourth-order valence-electron chi connectivity index (χ4n) is 7.71. The number of pyridine rings is 2. The van der Waals surface area contributed by atoms with E-state index in [0.29, 0.717) is 25.7 Å². The zero-order valence-electron chi connectivity index (χ0n) is 35.8. The highest BCUT2D eigenvalue weighted by Gasteiger charge is 2.29. The number of ether oxygens (including phenoxy) is 1. The minimum absolute atomic E-state index is 0.0206. The van der Waals surface area contributed by atoms with Gasteiger partial charge in [0.1, 0.15) is 0 Å². The Morgan fingerprint density at radius 2 is 1.04 bits per heavy atom. The normalized spacial score (nSPS) is 12.8. The maximum Gasteiger partial charge on any atom is 0.252 e. The predicted octanol–water partition coefficient (Wildman–Crippen LogP) is 6.13. The molecule has 4 heterocycles. The van der Waals surface area contributed by atoms with Crippen molar-refractivity contribution in [2.75, 3.05) is 27.3 Å². The smallest absolute Gasteiger partial charge is 0.252 e. The lowest BCUT2D eigenvalue weighted by molar-refractivity contribution is -0.678. The molecule has 13 nitrogen and oxygen atoms in total. The van der Waals surface area contributed by atoms with Gasteiger partial charge in [-0.1, -0.05) is 27.7 Å². The minimum Gasteiger partial charge on any atom is -0.381 e. The van der Waals surface area contributed by atoms with Gasteiger partial charge in [0.15, 0.2) is 33.6 Å². The molecule has 0 aliphatic heterocycles. The van der Waals surface area contributed by atoms with E-state index in [-0.39, 0.29) is 61.3 Å². The second-order valence-electron chi connectivity index (χ2n) is 16.5. The lowest BCUT2D eigenvalue weighted by atomic mass is 9.96. The van der Waals surface area contributed by atoms with Crippen molar-refractivity contribution in [3.05, 3.63) is 48.6 Å². The quantitative estimate of drug-likeness (QED) is 0.0574. The van der Waals surface area contributed by atoms with Crippen LogP contribution in [0.2, 0.25) is 0 Å². The lowest BCUT2D eigenvalue weighted by Gasteiger charge is -2.29. The molecule has 4 aromatic heterocycles. The first-order chi connectivity index (χ1) is 27.3. The van der Waals surface area contributed by atoms with Crippen LogP contribution in [0.15, 0.2) is 36.9 Å². The molecule has 0 saturated carbocycles. The summed E-state index contributed by atoms with van der Waals surface area (Å²) in [6.45, 7) is 14.4. The van der Waals surface area contributed by atoms with Crippen LogP contribution in [0.4, 0.5) is 0 Å². The zero-order chi connectivity index (χ0) is 41.5. The molecule has 0 radical (unpaired) electrons. The van der Waals surface area contributed by atoms with Gasteiger partial charge < -0.3 is 14.5 Å². The largest absolute Gasteiger partial charge is 0.381 e. The third kappa shape index (κ3) is 13.3. The molecule has 2 N–H and O–H groups in total. The molecule has 312 valence electrons. The summed E-state index contributed by atoms with van der Waals surface area (Å²) in [6.07, 6.45) is 14.8. The van der Waals surface area contributed by atoms with E-state index < -0.39 is 12.1 Å². The first-order valence-electron chi connectivity index (χ1n) is 21.1. The number of Topliss-reactive ketones (excluding diaryl/α,β-unsaturated/α-hetero) is 2. The van der Waals surface area contributed by atoms with Gasteiger partial charge in [-0.15, -0.1) is 0 Å². The Hall–Kier alpha value is -4.52. The maximum atomic E-state index is 13.4. The Kier molecular flexibility index (Phi) is 17.8. The number of amides is 2. The molecule has 0 saturated heterocycles. The average Bonchev–Trinajstić information content (AvgIpc) is 3.68. The molecule has 0 aliphatic carbocycles. The highest BCUT2D eigenvalue weighted by Crippen LogP contribution is 2.18. The number of aromatic amines is 2. The Labute approximate surface area is 339 Å². The van der Waals surface area contributed by atoms with Gasteiger partial charge >= 0.3 is 0 Å². The Morgan fingerprint density at radius 3 is 1.42 bits per heavy atom. The van der Waals surface area contributed by atoms with E-state index in [1.165, 1.54) is 0 Å². The van der Waals surface area contributed by atoms with Gasteiger partial charge in [0.25, 0.3) is 11.6 Å². The van der Waals surface area contributed by atoms with E-state index in [4.69, 9.17) is 4.74 Å². The molecule has 0 fully saturated rings. The van der Waals surface area contributed by atoms with Crippen molar-refractivity contribution in [3.63, 3.8) is 0 Å². The van der Waals surface area contributed by atoms with Crippen LogP contribution < -0.4 is 9.13 Å². The summed E-state index contributed by atoms with van der Waals surface area (Å²) in [6, 6.07) is 2.92. The number of hydrogen-bond acceptors (Lipinski definition) is 7. The van der Waals surface area contributed by atoms with Crippen LogP contribution in [0, 0.1) is 25.7 Å². The number of nitrogens with one attached hydrogen (secondary N) is 2. The van der Waals surface area contributed by atoms with Crippen molar-refractivity contribution in [2.24, 2.45) is 11.8 Å². The van der Waals surface area contributed by atoms with Crippen LogP contribution in [0.5, 0.6) is 0 Å². The van der Waals surface area contributed by atoms with Crippen LogP contribution in [-0.2, 0) is 37.0 Å². The highest BCUT2D eigenvalue weighted by atomic mass is 16.5. The van der Waals surface area contributed by atoms with E-state index >= 15 is 0 Å². The number of aromatic nitrogens is 6. The molecule has 2 atom stereocenters. The molecule has 4 rings (SSSR count). The van der Waals surface area contributed by atoms with E-state index in [1.807, 2.05) is 24.5 Å². The fraction of sp³-hybridized carbons (Fsp3) is 0.636. The summed E-state index contributed by atoms with van der Waals surface area (Å²) in [5, 5.41) is 0. The van der Waals surface area contributed by atoms with Crippen molar-refractivity contribution >= 4 is 45.4 Å². The van der Waals surface area contributed by atoms with Crippen molar-refractivity contribution in [2.45, 2.75) is 144 Å². The van der Waals surface area contributed by atoms with E-state index in [2.05, 4.69) is 70.6 Å². The van der Waals surface area contributed by atoms with E-state index in [9.17, 15) is 19.2 Å². The highest BCUT2D eigenvalue weighted by molar-refractivity contribution is 5.90. The van der Waals surface area contributed by atoms with E-state index in [1.54, 1.807) is 36.3 Å². The Bertz CT molecular complexity index is 1780. The van der Waals surface area contributed by atoms with Crippen LogP contribution in [0.1, 0.15) is 116 Å². The molecule has 0 unspecified atom stereocenters.